The molecule has 2 aliphatic heterocycles. The van der Waals surface area contributed by atoms with E-state index in [4.69, 9.17) is 9.82 Å². The van der Waals surface area contributed by atoms with Gasteiger partial charge in [0.05, 0.1) is 16.4 Å². The molecule has 1 aromatic carbocycles. The molecule has 1 amide bonds. The van der Waals surface area contributed by atoms with Crippen molar-refractivity contribution in [2.75, 3.05) is 13.1 Å². The molecular formula is C25H26F3N5O2S. The fraction of sp³-hybridized carbons (Fsp3) is 0.400. The van der Waals surface area contributed by atoms with Crippen molar-refractivity contribution in [1.29, 1.82) is 0 Å². The SMILES string of the molecule is Cc1cc(C(F)(F)F)nn1CC(=O)N1CCC(c2nc(C3=CC(C)(c4ccccc4)ON3)cs2)CC1. The lowest BCUT2D eigenvalue weighted by molar-refractivity contribution is -0.142. The zero-order valence-electron chi connectivity index (χ0n) is 19.9. The molecule has 5 rings (SSSR count). The Balaban J connectivity index is 1.19. The van der Waals surface area contributed by atoms with Crippen LogP contribution < -0.4 is 5.48 Å². The summed E-state index contributed by atoms with van der Waals surface area (Å²) in [7, 11) is 0. The highest BCUT2D eigenvalue weighted by atomic mass is 32.1. The van der Waals surface area contributed by atoms with E-state index in [9.17, 15) is 18.0 Å². The van der Waals surface area contributed by atoms with Gasteiger partial charge in [-0.05, 0) is 44.4 Å². The second-order valence-corrected chi connectivity index (χ2v) is 10.2. The first-order valence-corrected chi connectivity index (χ1v) is 12.6. The van der Waals surface area contributed by atoms with Crippen molar-refractivity contribution in [3.63, 3.8) is 0 Å². The number of aryl methyl sites for hydroxylation is 1. The van der Waals surface area contributed by atoms with Gasteiger partial charge in [0.1, 0.15) is 12.1 Å². The van der Waals surface area contributed by atoms with E-state index in [2.05, 4.69) is 10.6 Å². The summed E-state index contributed by atoms with van der Waals surface area (Å²) in [6, 6.07) is 10.9. The molecule has 11 heteroatoms. The van der Waals surface area contributed by atoms with E-state index >= 15 is 0 Å². The molecule has 0 bridgehead atoms. The molecular weight excluding hydrogens is 491 g/mol. The van der Waals surface area contributed by atoms with Crippen molar-refractivity contribution < 1.29 is 22.8 Å². The van der Waals surface area contributed by atoms with Crippen molar-refractivity contribution in [2.24, 2.45) is 0 Å². The first-order chi connectivity index (χ1) is 17.1. The molecule has 0 aliphatic carbocycles. The number of thiazole rings is 1. The Morgan fingerprint density at radius 1 is 1.25 bits per heavy atom. The first-order valence-electron chi connectivity index (χ1n) is 11.7. The van der Waals surface area contributed by atoms with Gasteiger partial charge in [0.2, 0.25) is 5.91 Å². The Bertz CT molecular complexity index is 1280. The van der Waals surface area contributed by atoms with Crippen molar-refractivity contribution in [1.82, 2.24) is 25.1 Å². The molecule has 0 saturated carbocycles. The molecule has 7 nitrogen and oxygen atoms in total. The minimum Gasteiger partial charge on any atom is -0.341 e. The van der Waals surface area contributed by atoms with Crippen LogP contribution >= 0.6 is 11.3 Å². The smallest absolute Gasteiger partial charge is 0.341 e. The van der Waals surface area contributed by atoms with E-state index in [0.29, 0.717) is 18.8 Å². The van der Waals surface area contributed by atoms with Gasteiger partial charge in [-0.25, -0.2) is 4.98 Å². The lowest BCUT2D eigenvalue weighted by Gasteiger charge is -2.31. The zero-order chi connectivity index (χ0) is 25.5. The number of carbonyl (C=O) groups is 1. The minimum absolute atomic E-state index is 0.200. The van der Waals surface area contributed by atoms with Gasteiger partial charge in [0.25, 0.3) is 0 Å². The molecule has 4 heterocycles. The Labute approximate surface area is 210 Å². The van der Waals surface area contributed by atoms with Crippen LogP contribution in [-0.4, -0.2) is 38.7 Å². The number of amides is 1. The number of hydrogen-bond donors (Lipinski definition) is 1. The first kappa shape index (κ1) is 24.5. The number of nitrogens with zero attached hydrogens (tertiary/aromatic N) is 4. The summed E-state index contributed by atoms with van der Waals surface area (Å²) in [5.74, 6) is -0.00893. The van der Waals surface area contributed by atoms with Crippen LogP contribution in [0.3, 0.4) is 0 Å². The Morgan fingerprint density at radius 3 is 2.64 bits per heavy atom. The number of piperidine rings is 1. The minimum atomic E-state index is -4.53. The fourth-order valence-electron chi connectivity index (χ4n) is 4.54. The number of nitrogens with one attached hydrogen (secondary N) is 1. The lowest BCUT2D eigenvalue weighted by atomic mass is 9.95. The number of carbonyl (C=O) groups excluding carboxylic acids is 1. The molecule has 0 spiro atoms. The average Bonchev–Trinajstić information content (AvgIpc) is 3.59. The monoisotopic (exact) mass is 517 g/mol. The lowest BCUT2D eigenvalue weighted by Crippen LogP contribution is -2.40. The maximum absolute atomic E-state index is 12.9. The highest BCUT2D eigenvalue weighted by Gasteiger charge is 2.35. The zero-order valence-corrected chi connectivity index (χ0v) is 20.7. The van der Waals surface area contributed by atoms with E-state index < -0.39 is 17.5 Å². The van der Waals surface area contributed by atoms with E-state index in [-0.39, 0.29) is 18.4 Å². The van der Waals surface area contributed by atoms with Gasteiger partial charge in [-0.2, -0.15) is 18.3 Å². The maximum atomic E-state index is 12.9. The second-order valence-electron chi connectivity index (χ2n) is 9.29. The molecule has 1 unspecified atom stereocenters. The summed E-state index contributed by atoms with van der Waals surface area (Å²) in [5, 5.41) is 6.57. The van der Waals surface area contributed by atoms with Gasteiger partial charge in [0, 0.05) is 30.1 Å². The van der Waals surface area contributed by atoms with Crippen molar-refractivity contribution in [2.45, 2.75) is 50.9 Å². The largest absolute Gasteiger partial charge is 0.435 e. The van der Waals surface area contributed by atoms with Crippen LogP contribution in [-0.2, 0) is 28.0 Å². The summed E-state index contributed by atoms with van der Waals surface area (Å²) >= 11 is 1.59. The van der Waals surface area contributed by atoms with Crippen LogP contribution in [0.4, 0.5) is 13.2 Å². The number of hydrogen-bond acceptors (Lipinski definition) is 6. The standard InChI is InChI=1S/C25H26F3N5O2S/c1-16-12-21(25(26,27)28)30-33(16)14-22(34)32-10-8-17(9-11-32)23-29-20(15-36-23)19-13-24(2,35-31-19)18-6-4-3-5-7-18/h3-7,12-13,15,17,31H,8-11,14H2,1-2H3. The highest BCUT2D eigenvalue weighted by Crippen LogP contribution is 2.37. The van der Waals surface area contributed by atoms with E-state index in [0.717, 1.165) is 45.6 Å². The maximum Gasteiger partial charge on any atom is 0.435 e. The van der Waals surface area contributed by atoms with Gasteiger partial charge >= 0.3 is 6.18 Å². The van der Waals surface area contributed by atoms with Crippen LogP contribution in [0, 0.1) is 6.92 Å². The number of likely N-dealkylation sites (tertiary alicyclic amines) is 1. The predicted molar refractivity (Wildman–Crippen MR) is 129 cm³/mol. The molecule has 1 saturated heterocycles. The van der Waals surface area contributed by atoms with E-state index in [1.807, 2.05) is 48.7 Å². The van der Waals surface area contributed by atoms with Crippen LogP contribution in [0.25, 0.3) is 5.70 Å². The third kappa shape index (κ3) is 4.90. The number of halogens is 3. The molecule has 1 fully saturated rings. The van der Waals surface area contributed by atoms with E-state index in [1.54, 1.807) is 16.2 Å². The Hall–Kier alpha value is -3.18. The number of hydroxylamine groups is 1. The summed E-state index contributed by atoms with van der Waals surface area (Å²) in [6.45, 7) is 4.37. The number of aromatic nitrogens is 3. The normalized spacial score (nSPS) is 20.9. The van der Waals surface area contributed by atoms with Gasteiger partial charge in [-0.3, -0.25) is 19.8 Å². The Morgan fingerprint density at radius 2 is 1.97 bits per heavy atom. The van der Waals surface area contributed by atoms with Crippen LogP contribution in [0.15, 0.2) is 47.9 Å². The van der Waals surface area contributed by atoms with E-state index in [1.165, 1.54) is 6.92 Å². The third-order valence-corrected chi connectivity index (χ3v) is 7.70. The number of rotatable bonds is 5. The summed E-state index contributed by atoms with van der Waals surface area (Å²) in [4.78, 5) is 25.1. The molecule has 1 N–H and O–H groups in total. The molecule has 190 valence electrons. The van der Waals surface area contributed by atoms with Gasteiger partial charge in [-0.15, -0.1) is 11.3 Å². The van der Waals surface area contributed by atoms with Crippen LogP contribution in [0.1, 0.15) is 53.3 Å². The summed E-state index contributed by atoms with van der Waals surface area (Å²) in [5.41, 5.74) is 4.45. The number of alkyl halides is 3. The third-order valence-electron chi connectivity index (χ3n) is 6.69. The van der Waals surface area contributed by atoms with Crippen molar-refractivity contribution in [3.05, 3.63) is 75.5 Å². The molecule has 36 heavy (non-hydrogen) atoms. The molecule has 2 aromatic heterocycles. The quantitative estimate of drug-likeness (QED) is 0.523. The Kier molecular flexibility index (Phi) is 6.37. The summed E-state index contributed by atoms with van der Waals surface area (Å²) in [6.07, 6.45) is -1.01. The topological polar surface area (TPSA) is 72.3 Å². The number of benzene rings is 1. The summed E-state index contributed by atoms with van der Waals surface area (Å²) < 4.78 is 39.8. The predicted octanol–water partition coefficient (Wildman–Crippen LogP) is 4.86. The molecule has 1 atom stereocenters. The van der Waals surface area contributed by atoms with Gasteiger partial charge < -0.3 is 4.90 Å². The van der Waals surface area contributed by atoms with Crippen LogP contribution in [0.2, 0.25) is 0 Å². The second kappa shape index (κ2) is 9.36. The van der Waals surface area contributed by atoms with Gasteiger partial charge in [-0.1, -0.05) is 30.3 Å². The molecule has 2 aliphatic rings. The van der Waals surface area contributed by atoms with Crippen LogP contribution in [0.5, 0.6) is 0 Å². The fourth-order valence-corrected chi connectivity index (χ4v) is 5.54. The van der Waals surface area contributed by atoms with Gasteiger partial charge in [0.15, 0.2) is 5.69 Å². The van der Waals surface area contributed by atoms with Crippen molar-refractivity contribution >= 4 is 22.9 Å². The molecule has 0 radical (unpaired) electrons. The average molecular weight is 518 g/mol. The molecule has 3 aromatic rings. The highest BCUT2D eigenvalue weighted by molar-refractivity contribution is 7.09. The van der Waals surface area contributed by atoms with Crippen molar-refractivity contribution in [3.8, 4) is 0 Å².